The van der Waals surface area contributed by atoms with Gasteiger partial charge in [0.25, 0.3) is 11.8 Å². The van der Waals surface area contributed by atoms with Gasteiger partial charge in [-0.1, -0.05) is 6.07 Å². The van der Waals surface area contributed by atoms with Gasteiger partial charge in [-0.05, 0) is 50.1 Å². The van der Waals surface area contributed by atoms with E-state index >= 15 is 0 Å². The highest BCUT2D eigenvalue weighted by molar-refractivity contribution is 6.05. The fraction of sp³-hybridized carbons (Fsp3) is 0.238. The Labute approximate surface area is 175 Å². The highest BCUT2D eigenvalue weighted by Gasteiger charge is 2.31. The molecule has 0 bridgehead atoms. The number of hydrogen-bond donors (Lipinski definition) is 2. The SMILES string of the molecule is Cc1c(C(=O)Nc2cccc(C(=O)NC3CC3)c2)cnn1-c1ccc(C(F)(F)F)cn1. The summed E-state index contributed by atoms with van der Waals surface area (Å²) in [5.74, 6) is -0.505. The number of anilines is 1. The van der Waals surface area contributed by atoms with Crippen molar-refractivity contribution in [3.63, 3.8) is 0 Å². The van der Waals surface area contributed by atoms with Crippen LogP contribution < -0.4 is 10.6 Å². The maximum atomic E-state index is 12.7. The first-order chi connectivity index (χ1) is 14.7. The molecule has 160 valence electrons. The summed E-state index contributed by atoms with van der Waals surface area (Å²) in [5.41, 5.74) is 0.644. The third kappa shape index (κ3) is 4.57. The number of alkyl halides is 3. The van der Waals surface area contributed by atoms with Crippen LogP contribution in [-0.4, -0.2) is 32.6 Å². The van der Waals surface area contributed by atoms with Crippen molar-refractivity contribution in [1.82, 2.24) is 20.1 Å². The summed E-state index contributed by atoms with van der Waals surface area (Å²) >= 11 is 0. The number of amides is 2. The summed E-state index contributed by atoms with van der Waals surface area (Å²) in [5, 5.41) is 9.67. The van der Waals surface area contributed by atoms with E-state index in [1.54, 1.807) is 31.2 Å². The predicted octanol–water partition coefficient (Wildman–Crippen LogP) is 3.74. The van der Waals surface area contributed by atoms with Gasteiger partial charge >= 0.3 is 6.18 Å². The van der Waals surface area contributed by atoms with E-state index < -0.39 is 17.6 Å². The second kappa shape index (κ2) is 7.86. The molecule has 31 heavy (non-hydrogen) atoms. The molecule has 0 spiro atoms. The van der Waals surface area contributed by atoms with Gasteiger partial charge in [-0.25, -0.2) is 9.67 Å². The second-order valence-electron chi connectivity index (χ2n) is 7.24. The van der Waals surface area contributed by atoms with Crippen LogP contribution in [0, 0.1) is 6.92 Å². The molecule has 2 aromatic heterocycles. The van der Waals surface area contributed by atoms with E-state index in [1.165, 1.54) is 16.9 Å². The van der Waals surface area contributed by atoms with Gasteiger partial charge in [0.05, 0.1) is 23.0 Å². The van der Waals surface area contributed by atoms with E-state index in [1.807, 2.05) is 0 Å². The standard InChI is InChI=1S/C21H18F3N5O2/c1-12-17(11-26-29(12)18-8-5-14(10-25-18)21(22,23)24)20(31)28-16-4-2-3-13(9-16)19(30)27-15-6-7-15/h2-5,8-11,15H,6-7H2,1H3,(H,27,30)(H,28,31). The number of pyridine rings is 1. The van der Waals surface area contributed by atoms with E-state index in [0.29, 0.717) is 23.1 Å². The number of halogens is 3. The quantitative estimate of drug-likeness (QED) is 0.647. The predicted molar refractivity (Wildman–Crippen MR) is 106 cm³/mol. The normalized spacial score (nSPS) is 13.7. The highest BCUT2D eigenvalue weighted by atomic mass is 19.4. The zero-order valence-corrected chi connectivity index (χ0v) is 16.4. The number of rotatable bonds is 5. The number of nitrogens with zero attached hydrogens (tertiary/aromatic N) is 3. The van der Waals surface area contributed by atoms with Crippen molar-refractivity contribution in [2.24, 2.45) is 0 Å². The molecule has 4 rings (SSSR count). The van der Waals surface area contributed by atoms with Crippen molar-refractivity contribution >= 4 is 17.5 Å². The molecule has 2 N–H and O–H groups in total. The van der Waals surface area contributed by atoms with Crippen LogP contribution in [0.1, 0.15) is 44.8 Å². The van der Waals surface area contributed by atoms with Crippen LogP contribution in [-0.2, 0) is 6.18 Å². The molecule has 0 radical (unpaired) electrons. The third-order valence-electron chi connectivity index (χ3n) is 4.84. The second-order valence-corrected chi connectivity index (χ2v) is 7.24. The number of hydrogen-bond acceptors (Lipinski definition) is 4. The average molecular weight is 429 g/mol. The molecule has 2 heterocycles. The molecule has 0 unspecified atom stereocenters. The van der Waals surface area contributed by atoms with Crippen LogP contribution in [0.4, 0.5) is 18.9 Å². The van der Waals surface area contributed by atoms with Crippen molar-refractivity contribution in [1.29, 1.82) is 0 Å². The Kier molecular flexibility index (Phi) is 5.22. The van der Waals surface area contributed by atoms with Gasteiger partial charge in [-0.3, -0.25) is 9.59 Å². The van der Waals surface area contributed by atoms with Gasteiger partial charge in [0.15, 0.2) is 5.82 Å². The summed E-state index contributed by atoms with van der Waals surface area (Å²) in [7, 11) is 0. The minimum Gasteiger partial charge on any atom is -0.349 e. The summed E-state index contributed by atoms with van der Waals surface area (Å²) < 4.78 is 39.5. The molecule has 1 aliphatic carbocycles. The Balaban J connectivity index is 1.50. The molecular weight excluding hydrogens is 411 g/mol. The monoisotopic (exact) mass is 429 g/mol. The van der Waals surface area contributed by atoms with E-state index in [2.05, 4.69) is 20.7 Å². The number of nitrogens with one attached hydrogen (secondary N) is 2. The fourth-order valence-corrected chi connectivity index (χ4v) is 2.98. The van der Waals surface area contributed by atoms with Crippen LogP contribution in [0.25, 0.3) is 5.82 Å². The van der Waals surface area contributed by atoms with E-state index in [9.17, 15) is 22.8 Å². The molecule has 1 fully saturated rings. The first kappa shape index (κ1) is 20.6. The Morgan fingerprint density at radius 2 is 1.87 bits per heavy atom. The minimum atomic E-state index is -4.49. The van der Waals surface area contributed by atoms with Gasteiger partial charge in [-0.15, -0.1) is 0 Å². The lowest BCUT2D eigenvalue weighted by molar-refractivity contribution is -0.137. The molecule has 2 amide bonds. The van der Waals surface area contributed by atoms with E-state index in [0.717, 1.165) is 18.9 Å². The maximum absolute atomic E-state index is 12.7. The lowest BCUT2D eigenvalue weighted by atomic mass is 10.1. The maximum Gasteiger partial charge on any atom is 0.417 e. The van der Waals surface area contributed by atoms with Gasteiger partial charge in [0.2, 0.25) is 0 Å². The first-order valence-electron chi connectivity index (χ1n) is 9.53. The number of carbonyl (C=O) groups is 2. The lowest BCUT2D eigenvalue weighted by Crippen LogP contribution is -2.25. The van der Waals surface area contributed by atoms with Crippen molar-refractivity contribution < 1.29 is 22.8 Å². The van der Waals surface area contributed by atoms with E-state index in [4.69, 9.17) is 0 Å². The van der Waals surface area contributed by atoms with Gasteiger partial charge in [-0.2, -0.15) is 18.3 Å². The highest BCUT2D eigenvalue weighted by Crippen LogP contribution is 2.29. The smallest absolute Gasteiger partial charge is 0.349 e. The van der Waals surface area contributed by atoms with Crippen molar-refractivity contribution in [3.05, 3.63) is 71.2 Å². The Morgan fingerprint density at radius 3 is 2.52 bits per heavy atom. The van der Waals surface area contributed by atoms with Crippen molar-refractivity contribution in [2.45, 2.75) is 32.0 Å². The van der Waals surface area contributed by atoms with Crippen molar-refractivity contribution in [2.75, 3.05) is 5.32 Å². The summed E-state index contributed by atoms with van der Waals surface area (Å²) in [6.07, 6.45) is -0.514. The number of aromatic nitrogens is 3. The average Bonchev–Trinajstić information content (AvgIpc) is 3.46. The molecule has 3 aromatic rings. The molecule has 0 aliphatic heterocycles. The molecule has 0 atom stereocenters. The Bertz CT molecular complexity index is 1130. The summed E-state index contributed by atoms with van der Waals surface area (Å²) in [4.78, 5) is 28.7. The zero-order valence-electron chi connectivity index (χ0n) is 16.4. The molecule has 7 nitrogen and oxygen atoms in total. The minimum absolute atomic E-state index is 0.156. The molecule has 1 aromatic carbocycles. The number of benzene rings is 1. The number of carbonyl (C=O) groups excluding carboxylic acids is 2. The third-order valence-corrected chi connectivity index (χ3v) is 4.84. The fourth-order valence-electron chi connectivity index (χ4n) is 2.98. The van der Waals surface area contributed by atoms with Gasteiger partial charge < -0.3 is 10.6 Å². The van der Waals surface area contributed by atoms with Crippen LogP contribution >= 0.6 is 0 Å². The first-order valence-corrected chi connectivity index (χ1v) is 9.53. The van der Waals surface area contributed by atoms with Crippen LogP contribution in [0.2, 0.25) is 0 Å². The van der Waals surface area contributed by atoms with Crippen LogP contribution in [0.5, 0.6) is 0 Å². The van der Waals surface area contributed by atoms with Crippen molar-refractivity contribution in [3.8, 4) is 5.82 Å². The van der Waals surface area contributed by atoms with E-state index in [-0.39, 0.29) is 23.3 Å². The Morgan fingerprint density at radius 1 is 1.10 bits per heavy atom. The molecule has 1 saturated carbocycles. The summed E-state index contributed by atoms with van der Waals surface area (Å²) in [6, 6.07) is 8.87. The zero-order chi connectivity index (χ0) is 22.2. The van der Waals surface area contributed by atoms with Gasteiger partial charge in [0, 0.05) is 23.5 Å². The molecule has 1 aliphatic rings. The Hall–Kier alpha value is -3.69. The molecule has 0 saturated heterocycles. The molecular formula is C21H18F3N5O2. The van der Waals surface area contributed by atoms with Crippen LogP contribution in [0.3, 0.4) is 0 Å². The largest absolute Gasteiger partial charge is 0.417 e. The van der Waals surface area contributed by atoms with Crippen LogP contribution in [0.15, 0.2) is 48.8 Å². The van der Waals surface area contributed by atoms with Gasteiger partial charge in [0.1, 0.15) is 0 Å². The summed E-state index contributed by atoms with van der Waals surface area (Å²) in [6.45, 7) is 1.61. The molecule has 10 heteroatoms. The topological polar surface area (TPSA) is 88.9 Å². The lowest BCUT2D eigenvalue weighted by Gasteiger charge is -2.09.